The quantitative estimate of drug-likeness (QED) is 0.0961. The summed E-state index contributed by atoms with van der Waals surface area (Å²) in [7, 11) is 0. The van der Waals surface area contributed by atoms with E-state index in [4.69, 9.17) is 2.74 Å². The third-order valence-corrected chi connectivity index (χ3v) is 18.1. The van der Waals surface area contributed by atoms with Gasteiger partial charge in [0.1, 0.15) is 0 Å². The van der Waals surface area contributed by atoms with Crippen LogP contribution in [0, 0.1) is 16.7 Å². The van der Waals surface area contributed by atoms with Crippen LogP contribution in [0.25, 0.3) is 0 Å². The van der Waals surface area contributed by atoms with Crippen molar-refractivity contribution in [3.05, 3.63) is 212 Å². The van der Waals surface area contributed by atoms with Crippen molar-refractivity contribution in [2.24, 2.45) is 16.7 Å². The molecule has 0 aliphatic carbocycles. The Labute approximate surface area is 589 Å². The van der Waals surface area contributed by atoms with Crippen LogP contribution in [0.5, 0.6) is 0 Å². The molecule has 0 spiro atoms. The fourth-order valence-corrected chi connectivity index (χ4v) is 13.0. The predicted molar refractivity (Wildman–Crippen MR) is 420 cm³/mol. The molecule has 0 aliphatic heterocycles. The van der Waals surface area contributed by atoms with E-state index in [1.165, 1.54) is 77.6 Å². The van der Waals surface area contributed by atoms with Gasteiger partial charge in [-0.15, -0.1) is 0 Å². The third kappa shape index (κ3) is 29.6. The van der Waals surface area contributed by atoms with E-state index in [2.05, 4.69) is 309 Å². The van der Waals surface area contributed by atoms with Crippen molar-refractivity contribution in [1.82, 2.24) is 0 Å². The fraction of sp³-hybridized carbons (Fsp3) is 0.609. The van der Waals surface area contributed by atoms with Crippen LogP contribution in [-0.4, -0.2) is 6.18 Å². The molecule has 0 N–H and O–H groups in total. The molecule has 0 radical (unpaired) electrons. The summed E-state index contributed by atoms with van der Waals surface area (Å²) in [5, 5.41) is 0. The molecular weight excluding hydrogens is 1160 g/mol. The lowest BCUT2D eigenvalue weighted by Gasteiger charge is -2.32. The van der Waals surface area contributed by atoms with Gasteiger partial charge < -0.3 is 0 Å². The lowest BCUT2D eigenvalue weighted by Crippen LogP contribution is -2.34. The molecule has 0 aromatic heterocycles. The second kappa shape index (κ2) is 37.9. The molecule has 6 rings (SSSR count). The summed E-state index contributed by atoms with van der Waals surface area (Å²) >= 11 is 0. The van der Waals surface area contributed by atoms with E-state index in [1.54, 1.807) is 17.7 Å². The van der Waals surface area contributed by atoms with Crippen LogP contribution in [0.1, 0.15) is 366 Å². The standard InChI is InChI=1S/C20H34.C15H21F3.2C15H24.C14H22.C13H20/c1-8-15(9-2)17-13-12-14-18(16(10-3)11-4)19(17)20(5,6)7;1-13(2,3)12-9-7-6-8-11(12)10-14(4,5)15(16,17)18;1-14(2,3)11-12-9-7-8-10-13(12)15(4,5)6;1-6-12(7-2)13-10-8-9-11-14(13)15(3,4)5;1-11(2)10-12-8-6-7-9-13(12)14(3,4)5;1-10(2)11-8-6-7-9-12(11)13(3,4)5/h12-16H,8-11H2,1-7H3;6-9H,10H2,1-5H3;7-10H,11H2,1-6H3;8-12H,6-7H2,1-5H3;6-9,11H,10H2,1-5H3;6-10H,1-5H3/i15D,16D;;;;;. The van der Waals surface area contributed by atoms with Crippen molar-refractivity contribution in [1.29, 1.82) is 0 Å². The molecule has 6 aromatic carbocycles. The lowest BCUT2D eigenvalue weighted by molar-refractivity contribution is -0.211. The zero-order valence-corrected chi connectivity index (χ0v) is 67.5. The second-order valence-electron chi connectivity index (χ2n) is 35.6. The van der Waals surface area contributed by atoms with E-state index in [1.807, 2.05) is 32.9 Å². The Balaban J connectivity index is 0.000000587. The first kappa shape index (κ1) is 84.3. The van der Waals surface area contributed by atoms with Crippen molar-refractivity contribution in [3.63, 3.8) is 0 Å². The summed E-state index contributed by atoms with van der Waals surface area (Å²) in [6, 6.07) is 49.0. The topological polar surface area (TPSA) is 0 Å². The number of benzene rings is 6. The Bertz CT molecular complexity index is 3180. The smallest absolute Gasteiger partial charge is 0.171 e. The predicted octanol–water partition coefficient (Wildman–Crippen LogP) is 29.7. The highest BCUT2D eigenvalue weighted by atomic mass is 19.4. The van der Waals surface area contributed by atoms with Crippen LogP contribution in [0.2, 0.25) is 0 Å². The molecular formula is C92H145F3. The average Bonchev–Trinajstić information content (AvgIpc) is 0.754. The number of hydrogen-bond donors (Lipinski definition) is 0. The van der Waals surface area contributed by atoms with E-state index >= 15 is 0 Å². The van der Waals surface area contributed by atoms with Crippen molar-refractivity contribution < 1.29 is 15.9 Å². The summed E-state index contributed by atoms with van der Waals surface area (Å²) in [4.78, 5) is 0. The summed E-state index contributed by atoms with van der Waals surface area (Å²) < 4.78 is 56.7. The fourth-order valence-electron chi connectivity index (χ4n) is 13.0. The first-order valence-electron chi connectivity index (χ1n) is 37.7. The van der Waals surface area contributed by atoms with Gasteiger partial charge in [-0.25, -0.2) is 0 Å². The molecule has 0 saturated heterocycles. The van der Waals surface area contributed by atoms with Crippen LogP contribution in [0.15, 0.2) is 140 Å². The van der Waals surface area contributed by atoms with Crippen molar-refractivity contribution in [2.45, 2.75) is 349 Å². The highest BCUT2D eigenvalue weighted by Gasteiger charge is 2.47. The number of hydrogen-bond acceptors (Lipinski definition) is 0. The van der Waals surface area contributed by atoms with E-state index in [9.17, 15) is 13.2 Å². The van der Waals surface area contributed by atoms with E-state index < -0.39 is 23.4 Å². The maximum absolute atomic E-state index is 12.9. The molecule has 0 amide bonds. The van der Waals surface area contributed by atoms with Gasteiger partial charge in [0.25, 0.3) is 0 Å². The zero-order chi connectivity index (χ0) is 75.4. The molecule has 534 valence electrons. The number of rotatable bonds is 15. The first-order chi connectivity index (χ1) is 44.1. The minimum absolute atomic E-state index is 0.0178. The van der Waals surface area contributed by atoms with Gasteiger partial charge in [-0.3, -0.25) is 0 Å². The minimum atomic E-state index is -4.18. The van der Waals surface area contributed by atoms with Gasteiger partial charge in [-0.05, 0) is 198 Å². The SMILES string of the molecule is CC(C)(C)Cc1ccccc1C(C)(C)C.CC(C)(C)c1ccccc1CC(C)(C)C(F)(F)F.CC(C)Cc1ccccc1C(C)(C)C.CC(C)c1ccccc1C(C)(C)C.CCC(CC)c1ccccc1C(C)(C)C.[2H]C(CC)(CC)c1cccc(C([2H])(CC)CC)c1C(C)(C)C. The third-order valence-electron chi connectivity index (χ3n) is 18.1. The van der Waals surface area contributed by atoms with Gasteiger partial charge in [0.05, 0.1) is 5.41 Å². The van der Waals surface area contributed by atoms with E-state index in [0.29, 0.717) is 11.3 Å². The maximum atomic E-state index is 12.9. The minimum Gasteiger partial charge on any atom is -0.171 e. The Morgan fingerprint density at radius 2 is 0.600 bits per heavy atom. The number of alkyl halides is 3. The van der Waals surface area contributed by atoms with Gasteiger partial charge >= 0.3 is 6.18 Å². The summed E-state index contributed by atoms with van der Waals surface area (Å²) in [5.41, 5.74) is 16.8. The normalized spacial score (nSPS) is 13.2. The van der Waals surface area contributed by atoms with Crippen molar-refractivity contribution in [3.8, 4) is 0 Å². The molecule has 0 bridgehead atoms. The molecule has 0 atom stereocenters. The first-order valence-corrected chi connectivity index (χ1v) is 36.7. The Kier molecular flexibility index (Phi) is 33.6. The highest BCUT2D eigenvalue weighted by molar-refractivity contribution is 5.45. The van der Waals surface area contributed by atoms with Crippen LogP contribution >= 0.6 is 0 Å². The van der Waals surface area contributed by atoms with Gasteiger partial charge in [0.2, 0.25) is 0 Å². The molecule has 0 nitrogen and oxygen atoms in total. The van der Waals surface area contributed by atoms with E-state index in [-0.39, 0.29) is 38.9 Å². The van der Waals surface area contributed by atoms with Crippen LogP contribution in [0.4, 0.5) is 13.2 Å². The largest absolute Gasteiger partial charge is 0.394 e. The molecule has 0 saturated carbocycles. The highest BCUT2D eigenvalue weighted by Crippen LogP contribution is 2.43. The van der Waals surface area contributed by atoms with E-state index in [0.717, 1.165) is 66.2 Å². The summed E-state index contributed by atoms with van der Waals surface area (Å²) in [5.74, 6) is 0.969. The van der Waals surface area contributed by atoms with Crippen LogP contribution < -0.4 is 0 Å². The maximum Gasteiger partial charge on any atom is 0.394 e. The molecule has 95 heavy (non-hydrogen) atoms. The van der Waals surface area contributed by atoms with Crippen LogP contribution in [-0.2, 0) is 51.8 Å². The molecule has 0 heterocycles. The molecule has 0 fully saturated rings. The van der Waals surface area contributed by atoms with Gasteiger partial charge in [0.15, 0.2) is 0 Å². The molecule has 0 aliphatic rings. The second-order valence-corrected chi connectivity index (χ2v) is 35.6. The average molecular weight is 1310 g/mol. The molecule has 6 aromatic rings. The van der Waals surface area contributed by atoms with Gasteiger partial charge in [0, 0.05) is 2.74 Å². The number of halogens is 3. The molecule has 0 unspecified atom stereocenters. The Morgan fingerprint density at radius 1 is 0.316 bits per heavy atom. The Hall–Kier alpha value is -4.89. The van der Waals surface area contributed by atoms with Crippen LogP contribution in [0.3, 0.4) is 0 Å². The Morgan fingerprint density at radius 3 is 0.884 bits per heavy atom. The lowest BCUT2D eigenvalue weighted by atomic mass is 9.73. The zero-order valence-electron chi connectivity index (χ0n) is 69.5. The molecule has 3 heteroatoms. The van der Waals surface area contributed by atoms with Gasteiger partial charge in [-0.1, -0.05) is 368 Å². The van der Waals surface area contributed by atoms with Crippen molar-refractivity contribution >= 4 is 0 Å². The summed E-state index contributed by atoms with van der Waals surface area (Å²) in [6.45, 7) is 71.6. The monoisotopic (exact) mass is 1310 g/mol. The summed E-state index contributed by atoms with van der Waals surface area (Å²) in [6.07, 6.45) is 3.88. The van der Waals surface area contributed by atoms with Gasteiger partial charge in [-0.2, -0.15) is 13.2 Å². The van der Waals surface area contributed by atoms with Crippen molar-refractivity contribution in [2.75, 3.05) is 0 Å².